The van der Waals surface area contributed by atoms with Crippen LogP contribution in [0.2, 0.25) is 0 Å². The number of benzene rings is 11. The van der Waals surface area contributed by atoms with Crippen molar-refractivity contribution in [2.75, 3.05) is 0 Å². The second-order valence-corrected chi connectivity index (χ2v) is 20.1. The number of hydrogen-bond acceptors (Lipinski definition) is 6. The first-order valence-corrected chi connectivity index (χ1v) is 25.7. The molecule has 0 atom stereocenters. The number of aromatic nitrogens is 3. The molecule has 15 aromatic rings. The zero-order valence-electron chi connectivity index (χ0n) is 40.6. The van der Waals surface area contributed by atoms with Crippen LogP contribution in [0.1, 0.15) is 22.3 Å². The molecule has 6 heteroatoms. The maximum absolute atomic E-state index is 6.64. The lowest BCUT2D eigenvalue weighted by Gasteiger charge is -2.30. The molecule has 4 heterocycles. The SMILES string of the molecule is c1ccc2c(c1)-c1ccccc1C21c2ccccc2-c2ccc(-c3ccc(-c4ccc5oc6cccc(-c7nc(-c8ccc9oc%10ccccc%10c9c8)nc(-c8cccc9oc%10ccccc%10c89)n7)c6c5c4)cc3)cc21. The molecule has 17 rings (SSSR count). The van der Waals surface area contributed by atoms with Crippen molar-refractivity contribution < 1.29 is 13.3 Å². The largest absolute Gasteiger partial charge is 0.456 e. The van der Waals surface area contributed by atoms with E-state index in [1.54, 1.807) is 0 Å². The highest BCUT2D eigenvalue weighted by molar-refractivity contribution is 6.14. The van der Waals surface area contributed by atoms with Gasteiger partial charge in [-0.3, -0.25) is 0 Å². The topological polar surface area (TPSA) is 78.1 Å². The Morgan fingerprint density at radius 2 is 0.632 bits per heavy atom. The fraction of sp³-hybridized carbons (Fsp3) is 0.0143. The molecule has 0 bridgehead atoms. The third kappa shape index (κ3) is 5.72. The van der Waals surface area contributed by atoms with Crippen LogP contribution < -0.4 is 0 Å². The van der Waals surface area contributed by atoms with Gasteiger partial charge in [-0.05, 0) is 127 Å². The van der Waals surface area contributed by atoms with E-state index in [0.717, 1.165) is 99.2 Å². The van der Waals surface area contributed by atoms with Crippen molar-refractivity contribution in [3.05, 3.63) is 259 Å². The van der Waals surface area contributed by atoms with Crippen molar-refractivity contribution in [1.29, 1.82) is 0 Å². The third-order valence-corrected chi connectivity index (χ3v) is 16.2. The predicted molar refractivity (Wildman–Crippen MR) is 305 cm³/mol. The Balaban J connectivity index is 0.795. The first-order chi connectivity index (χ1) is 37.6. The summed E-state index contributed by atoms with van der Waals surface area (Å²) in [6.07, 6.45) is 0. The summed E-state index contributed by atoms with van der Waals surface area (Å²) in [5, 5.41) is 5.90. The zero-order chi connectivity index (χ0) is 49.6. The van der Waals surface area contributed by atoms with Gasteiger partial charge in [0.15, 0.2) is 17.5 Å². The number of furan rings is 3. The van der Waals surface area contributed by atoms with Crippen molar-refractivity contribution >= 4 is 65.8 Å². The highest BCUT2D eigenvalue weighted by atomic mass is 16.3. The molecule has 0 amide bonds. The van der Waals surface area contributed by atoms with Gasteiger partial charge in [0.05, 0.1) is 5.41 Å². The number of nitrogens with zero attached hydrogens (tertiary/aromatic N) is 3. The van der Waals surface area contributed by atoms with Gasteiger partial charge in [0, 0.05) is 49.0 Å². The standard InChI is InChI=1S/C70H39N3O3/c1-6-20-55-45(13-1)46-14-2-7-21-56(46)70(55)57-22-8-3-15-47(57)48-34-31-43(39-58(48)70)41-29-27-40(28-30-41)42-32-35-62-54(37-42)66-52(19-12-26-64(66)76-62)69-72-67(44-33-36-61-53(38-44)49-16-4-9-23-59(49)74-61)71-68(73-69)51-18-11-25-63-65(51)50-17-5-10-24-60(50)75-63/h1-39H. The fourth-order valence-corrected chi connectivity index (χ4v) is 12.9. The van der Waals surface area contributed by atoms with Gasteiger partial charge in [-0.1, -0.05) is 176 Å². The normalized spacial score (nSPS) is 13.1. The average molecular weight is 970 g/mol. The number of hydrogen-bond donors (Lipinski definition) is 0. The molecule has 2 aliphatic rings. The fourth-order valence-electron chi connectivity index (χ4n) is 12.9. The van der Waals surface area contributed by atoms with E-state index in [1.807, 2.05) is 72.8 Å². The average Bonchev–Trinajstić information content (AvgIpc) is 4.37. The molecular formula is C70H39N3O3. The lowest BCUT2D eigenvalue weighted by molar-refractivity contribution is 0.668. The van der Waals surface area contributed by atoms with Gasteiger partial charge < -0.3 is 13.3 Å². The highest BCUT2D eigenvalue weighted by Gasteiger charge is 2.51. The Labute approximate surface area is 434 Å². The monoisotopic (exact) mass is 969 g/mol. The van der Waals surface area contributed by atoms with Crippen LogP contribution in [-0.2, 0) is 5.41 Å². The minimum Gasteiger partial charge on any atom is -0.456 e. The summed E-state index contributed by atoms with van der Waals surface area (Å²) in [7, 11) is 0. The molecule has 0 fully saturated rings. The molecule has 4 aromatic heterocycles. The summed E-state index contributed by atoms with van der Waals surface area (Å²) < 4.78 is 19.3. The van der Waals surface area contributed by atoms with E-state index < -0.39 is 5.41 Å². The van der Waals surface area contributed by atoms with Crippen LogP contribution in [0, 0.1) is 0 Å². The van der Waals surface area contributed by atoms with Crippen LogP contribution >= 0.6 is 0 Å². The molecule has 11 aromatic carbocycles. The minimum atomic E-state index is -0.395. The second-order valence-electron chi connectivity index (χ2n) is 20.1. The van der Waals surface area contributed by atoms with E-state index in [-0.39, 0.29) is 0 Å². The second kappa shape index (κ2) is 15.4. The van der Waals surface area contributed by atoms with Crippen molar-refractivity contribution in [2.45, 2.75) is 5.41 Å². The lowest BCUT2D eigenvalue weighted by atomic mass is 9.70. The molecule has 352 valence electrons. The van der Waals surface area contributed by atoms with E-state index in [1.165, 1.54) is 50.1 Å². The van der Waals surface area contributed by atoms with E-state index in [9.17, 15) is 0 Å². The Hall–Kier alpha value is -10.2. The van der Waals surface area contributed by atoms with E-state index >= 15 is 0 Å². The van der Waals surface area contributed by atoms with Crippen molar-refractivity contribution in [1.82, 2.24) is 15.0 Å². The first kappa shape index (κ1) is 41.3. The molecule has 0 saturated heterocycles. The van der Waals surface area contributed by atoms with Gasteiger partial charge in [-0.25, -0.2) is 15.0 Å². The molecule has 76 heavy (non-hydrogen) atoms. The molecule has 1 spiro atoms. The van der Waals surface area contributed by atoms with Gasteiger partial charge in [-0.2, -0.15) is 0 Å². The summed E-state index contributed by atoms with van der Waals surface area (Å²) in [6.45, 7) is 0. The third-order valence-electron chi connectivity index (χ3n) is 16.2. The zero-order valence-corrected chi connectivity index (χ0v) is 40.6. The molecule has 2 aliphatic carbocycles. The van der Waals surface area contributed by atoms with Crippen LogP contribution in [0.5, 0.6) is 0 Å². The molecule has 0 unspecified atom stereocenters. The summed E-state index contributed by atoms with van der Waals surface area (Å²) >= 11 is 0. The van der Waals surface area contributed by atoms with Crippen LogP contribution in [-0.4, -0.2) is 15.0 Å². The number of fused-ring (bicyclic) bond motifs is 19. The quantitative estimate of drug-likeness (QED) is 0.171. The lowest BCUT2D eigenvalue weighted by Crippen LogP contribution is -2.25. The van der Waals surface area contributed by atoms with Crippen LogP contribution in [0.25, 0.3) is 144 Å². The van der Waals surface area contributed by atoms with E-state index in [4.69, 9.17) is 28.2 Å². The van der Waals surface area contributed by atoms with Crippen LogP contribution in [0.3, 0.4) is 0 Å². The van der Waals surface area contributed by atoms with Gasteiger partial charge >= 0.3 is 0 Å². The van der Waals surface area contributed by atoms with E-state index in [2.05, 4.69) is 164 Å². The number of para-hydroxylation sites is 2. The van der Waals surface area contributed by atoms with Crippen LogP contribution in [0.15, 0.2) is 250 Å². The van der Waals surface area contributed by atoms with E-state index in [0.29, 0.717) is 17.5 Å². The summed E-state index contributed by atoms with van der Waals surface area (Å²) in [6, 6.07) is 84.0. The Bertz CT molecular complexity index is 4900. The van der Waals surface area contributed by atoms with Gasteiger partial charge in [0.1, 0.15) is 33.5 Å². The predicted octanol–water partition coefficient (Wildman–Crippen LogP) is 18.2. The number of rotatable bonds is 5. The minimum absolute atomic E-state index is 0.395. The summed E-state index contributed by atoms with van der Waals surface area (Å²) in [5.41, 5.74) is 22.0. The maximum atomic E-state index is 6.64. The summed E-state index contributed by atoms with van der Waals surface area (Å²) in [4.78, 5) is 15.9. The Morgan fingerprint density at radius 1 is 0.237 bits per heavy atom. The molecule has 0 saturated carbocycles. The summed E-state index contributed by atoms with van der Waals surface area (Å²) in [5.74, 6) is 1.62. The molecule has 0 radical (unpaired) electrons. The van der Waals surface area contributed by atoms with Crippen molar-refractivity contribution in [3.8, 4) is 78.7 Å². The van der Waals surface area contributed by atoms with Crippen molar-refractivity contribution in [2.24, 2.45) is 0 Å². The van der Waals surface area contributed by atoms with Crippen molar-refractivity contribution in [3.63, 3.8) is 0 Å². The van der Waals surface area contributed by atoms with Gasteiger partial charge in [0.2, 0.25) is 0 Å². The Morgan fingerprint density at radius 3 is 1.26 bits per heavy atom. The molecule has 0 N–H and O–H groups in total. The highest BCUT2D eigenvalue weighted by Crippen LogP contribution is 2.63. The molecular weight excluding hydrogens is 931 g/mol. The maximum Gasteiger partial charge on any atom is 0.164 e. The molecule has 0 aliphatic heterocycles. The van der Waals surface area contributed by atoms with Crippen LogP contribution in [0.4, 0.5) is 0 Å². The van der Waals surface area contributed by atoms with Gasteiger partial charge in [0.25, 0.3) is 0 Å². The smallest absolute Gasteiger partial charge is 0.164 e. The van der Waals surface area contributed by atoms with Gasteiger partial charge in [-0.15, -0.1) is 0 Å². The Kier molecular flexibility index (Phi) is 8.39. The molecule has 6 nitrogen and oxygen atoms in total. The first-order valence-electron chi connectivity index (χ1n) is 25.7.